The Bertz CT molecular complexity index is 728. The Morgan fingerprint density at radius 2 is 2.13 bits per heavy atom. The number of carbonyl (C=O) groups is 2. The highest BCUT2D eigenvalue weighted by Gasteiger charge is 2.22. The Morgan fingerprint density at radius 3 is 2.78 bits per heavy atom. The summed E-state index contributed by atoms with van der Waals surface area (Å²) < 4.78 is 24.7. The molecule has 1 heterocycles. The quantitative estimate of drug-likeness (QED) is 0.822. The summed E-state index contributed by atoms with van der Waals surface area (Å²) in [6, 6.07) is 4.63. The minimum Gasteiger partial charge on any atom is -0.465 e. The lowest BCUT2D eigenvalue weighted by Crippen LogP contribution is -2.34. The van der Waals surface area contributed by atoms with Gasteiger partial charge in [-0.2, -0.15) is 0 Å². The van der Waals surface area contributed by atoms with E-state index in [2.05, 4.69) is 5.32 Å². The van der Waals surface area contributed by atoms with Crippen LogP contribution < -0.4 is 5.32 Å². The Kier molecular flexibility index (Phi) is 5.68. The van der Waals surface area contributed by atoms with E-state index >= 15 is 0 Å². The number of fused-ring (bicyclic) bond motifs is 1. The van der Waals surface area contributed by atoms with Gasteiger partial charge >= 0.3 is 5.97 Å². The molecule has 1 amide bonds. The highest BCUT2D eigenvalue weighted by atomic mass is 32.1. The number of hydrogen-bond donors (Lipinski definition) is 1. The highest BCUT2D eigenvalue weighted by Crippen LogP contribution is 2.33. The van der Waals surface area contributed by atoms with Crippen molar-refractivity contribution in [3.8, 4) is 0 Å². The summed E-state index contributed by atoms with van der Waals surface area (Å²) in [4.78, 5) is 24.2. The van der Waals surface area contributed by atoms with E-state index in [0.717, 1.165) is 11.3 Å². The van der Waals surface area contributed by atoms with Crippen LogP contribution in [0.4, 0.5) is 4.39 Å². The van der Waals surface area contributed by atoms with Crippen LogP contribution in [0.25, 0.3) is 10.1 Å². The molecule has 1 aromatic carbocycles. The van der Waals surface area contributed by atoms with Crippen molar-refractivity contribution >= 4 is 33.3 Å². The van der Waals surface area contributed by atoms with Crippen LogP contribution in [0.5, 0.6) is 0 Å². The number of thiophene rings is 1. The summed E-state index contributed by atoms with van der Waals surface area (Å²) in [5.41, 5.74) is 0.423. The molecule has 1 N–H and O–H groups in total. The fourth-order valence-corrected chi connectivity index (χ4v) is 3.39. The summed E-state index contributed by atoms with van der Waals surface area (Å²) in [7, 11) is 1.27. The maximum Gasteiger partial charge on any atom is 0.348 e. The van der Waals surface area contributed by atoms with Crippen molar-refractivity contribution in [1.29, 1.82) is 0 Å². The van der Waals surface area contributed by atoms with E-state index in [1.54, 1.807) is 26.0 Å². The van der Waals surface area contributed by atoms with Crippen LogP contribution in [0.15, 0.2) is 18.2 Å². The third-order valence-electron chi connectivity index (χ3n) is 3.36. The van der Waals surface area contributed by atoms with Crippen molar-refractivity contribution in [3.63, 3.8) is 0 Å². The van der Waals surface area contributed by atoms with Gasteiger partial charge in [0.05, 0.1) is 7.11 Å². The van der Waals surface area contributed by atoms with Gasteiger partial charge in [0, 0.05) is 28.8 Å². The third-order valence-corrected chi connectivity index (χ3v) is 4.54. The average Bonchev–Trinajstić information content (AvgIpc) is 2.92. The van der Waals surface area contributed by atoms with Crippen molar-refractivity contribution < 1.29 is 23.5 Å². The van der Waals surface area contributed by atoms with E-state index in [1.807, 2.05) is 0 Å². The van der Waals surface area contributed by atoms with Crippen LogP contribution in [0.1, 0.15) is 29.1 Å². The van der Waals surface area contributed by atoms with Gasteiger partial charge in [0.15, 0.2) is 0 Å². The number of methoxy groups -OCH3 is 1. The van der Waals surface area contributed by atoms with Gasteiger partial charge < -0.3 is 14.8 Å². The number of benzene rings is 1. The van der Waals surface area contributed by atoms with E-state index in [-0.39, 0.29) is 17.3 Å². The molecule has 2 aromatic rings. The standard InChI is InChI=1S/C16H18FNO4S/c1-4-22-9(2)15(19)18-8-10-13-11(17)6-5-7-12(13)23-14(10)16(20)21-3/h5-7,9H,4,8H2,1-3H3,(H,18,19). The molecule has 1 aromatic heterocycles. The first kappa shape index (κ1) is 17.4. The second kappa shape index (κ2) is 7.52. The van der Waals surface area contributed by atoms with E-state index in [4.69, 9.17) is 9.47 Å². The van der Waals surface area contributed by atoms with Crippen LogP contribution >= 0.6 is 11.3 Å². The predicted octanol–water partition coefficient (Wildman–Crippen LogP) is 2.87. The molecule has 124 valence electrons. The molecular weight excluding hydrogens is 321 g/mol. The minimum atomic E-state index is -0.615. The predicted molar refractivity (Wildman–Crippen MR) is 86.1 cm³/mol. The number of hydrogen-bond acceptors (Lipinski definition) is 5. The number of esters is 1. The third kappa shape index (κ3) is 3.68. The van der Waals surface area contributed by atoms with Crippen LogP contribution in [0.2, 0.25) is 0 Å². The first-order chi connectivity index (χ1) is 11.0. The van der Waals surface area contributed by atoms with Crippen molar-refractivity contribution in [1.82, 2.24) is 5.32 Å². The lowest BCUT2D eigenvalue weighted by Gasteiger charge is -2.12. The van der Waals surface area contributed by atoms with Gasteiger partial charge in [-0.25, -0.2) is 9.18 Å². The second-order valence-electron chi connectivity index (χ2n) is 4.83. The summed E-state index contributed by atoms with van der Waals surface area (Å²) in [6.07, 6.45) is -0.615. The zero-order valence-electron chi connectivity index (χ0n) is 13.1. The Hall–Kier alpha value is -1.99. The molecule has 0 fully saturated rings. The topological polar surface area (TPSA) is 64.6 Å². The fourth-order valence-electron chi connectivity index (χ4n) is 2.24. The second-order valence-corrected chi connectivity index (χ2v) is 5.88. The molecule has 23 heavy (non-hydrogen) atoms. The number of ether oxygens (including phenoxy) is 2. The minimum absolute atomic E-state index is 0.0294. The summed E-state index contributed by atoms with van der Waals surface area (Å²) in [5.74, 6) is -1.30. The molecule has 0 aliphatic carbocycles. The van der Waals surface area contributed by atoms with Crippen LogP contribution in [0, 0.1) is 5.82 Å². The van der Waals surface area contributed by atoms with Gasteiger partial charge in [0.1, 0.15) is 16.8 Å². The SMILES string of the molecule is CCOC(C)C(=O)NCc1c(C(=O)OC)sc2cccc(F)c12. The fraction of sp³-hybridized carbons (Fsp3) is 0.375. The van der Waals surface area contributed by atoms with Crippen molar-refractivity contribution in [3.05, 3.63) is 34.5 Å². The molecule has 0 saturated carbocycles. The first-order valence-electron chi connectivity index (χ1n) is 7.17. The normalized spacial score (nSPS) is 12.2. The number of amides is 1. The molecular formula is C16H18FNO4S. The van der Waals surface area contributed by atoms with Gasteiger partial charge in [-0.15, -0.1) is 11.3 Å². The van der Waals surface area contributed by atoms with E-state index < -0.39 is 17.9 Å². The smallest absolute Gasteiger partial charge is 0.348 e. The van der Waals surface area contributed by atoms with E-state index in [0.29, 0.717) is 22.3 Å². The maximum absolute atomic E-state index is 14.1. The number of carbonyl (C=O) groups excluding carboxylic acids is 2. The molecule has 0 spiro atoms. The highest BCUT2D eigenvalue weighted by molar-refractivity contribution is 7.21. The van der Waals surface area contributed by atoms with Gasteiger partial charge in [-0.3, -0.25) is 4.79 Å². The summed E-state index contributed by atoms with van der Waals surface area (Å²) >= 11 is 1.14. The molecule has 1 atom stereocenters. The number of rotatable bonds is 6. The number of halogens is 1. The van der Waals surface area contributed by atoms with Gasteiger partial charge in [0.25, 0.3) is 0 Å². The van der Waals surface area contributed by atoms with Crippen molar-refractivity contribution in [2.45, 2.75) is 26.5 Å². The van der Waals surface area contributed by atoms with Crippen LogP contribution in [0.3, 0.4) is 0 Å². The molecule has 0 saturated heterocycles. The van der Waals surface area contributed by atoms with Crippen molar-refractivity contribution in [2.75, 3.05) is 13.7 Å². The van der Waals surface area contributed by atoms with Crippen LogP contribution in [-0.4, -0.2) is 31.7 Å². The van der Waals surface area contributed by atoms with Gasteiger partial charge in [0.2, 0.25) is 5.91 Å². The molecule has 0 bridgehead atoms. The largest absolute Gasteiger partial charge is 0.465 e. The van der Waals surface area contributed by atoms with Crippen molar-refractivity contribution in [2.24, 2.45) is 0 Å². The van der Waals surface area contributed by atoms with Gasteiger partial charge in [-0.1, -0.05) is 6.07 Å². The summed E-state index contributed by atoms with van der Waals surface area (Å²) in [6.45, 7) is 3.87. The number of nitrogens with one attached hydrogen (secondary N) is 1. The van der Waals surface area contributed by atoms with E-state index in [9.17, 15) is 14.0 Å². The maximum atomic E-state index is 14.1. The molecule has 7 heteroatoms. The lowest BCUT2D eigenvalue weighted by molar-refractivity contribution is -0.131. The molecule has 5 nitrogen and oxygen atoms in total. The molecule has 0 aliphatic rings. The Labute approximate surface area is 137 Å². The molecule has 0 aliphatic heterocycles. The zero-order valence-corrected chi connectivity index (χ0v) is 14.0. The molecule has 2 rings (SSSR count). The van der Waals surface area contributed by atoms with Crippen LogP contribution in [-0.2, 0) is 20.8 Å². The Morgan fingerprint density at radius 1 is 1.39 bits per heavy atom. The Balaban J connectivity index is 2.34. The first-order valence-corrected chi connectivity index (χ1v) is 7.98. The zero-order chi connectivity index (χ0) is 17.0. The molecule has 1 unspecified atom stereocenters. The lowest BCUT2D eigenvalue weighted by atomic mass is 10.1. The molecule has 0 radical (unpaired) electrons. The monoisotopic (exact) mass is 339 g/mol. The summed E-state index contributed by atoms with van der Waals surface area (Å²) in [5, 5.41) is 3.01. The van der Waals surface area contributed by atoms with Gasteiger partial charge in [-0.05, 0) is 26.0 Å². The van der Waals surface area contributed by atoms with E-state index in [1.165, 1.54) is 13.2 Å². The average molecular weight is 339 g/mol.